The highest BCUT2D eigenvalue weighted by atomic mass is 16.5. The van der Waals surface area contributed by atoms with Crippen molar-refractivity contribution in [1.82, 2.24) is 5.32 Å². The monoisotopic (exact) mass is 265 g/mol. The number of nitrogens with one attached hydrogen (secondary N) is 1. The van der Waals surface area contributed by atoms with E-state index in [-0.39, 0.29) is 5.41 Å². The SMILES string of the molecule is COCCOCCCNCC(C)(C)c1ccccc1. The normalized spacial score (nSPS) is 11.7. The molecule has 0 saturated carbocycles. The summed E-state index contributed by atoms with van der Waals surface area (Å²) in [4.78, 5) is 0. The molecule has 1 N–H and O–H groups in total. The predicted octanol–water partition coefficient (Wildman–Crippen LogP) is 2.61. The average Bonchev–Trinajstić information content (AvgIpc) is 2.43. The minimum Gasteiger partial charge on any atom is -0.382 e. The molecule has 0 heterocycles. The van der Waals surface area contributed by atoms with Crippen LogP contribution in [0.5, 0.6) is 0 Å². The van der Waals surface area contributed by atoms with Crippen LogP contribution in [0.25, 0.3) is 0 Å². The summed E-state index contributed by atoms with van der Waals surface area (Å²) in [6.07, 6.45) is 1.04. The van der Waals surface area contributed by atoms with Crippen LogP contribution in [0.4, 0.5) is 0 Å². The smallest absolute Gasteiger partial charge is 0.0700 e. The zero-order chi connectivity index (χ0) is 14.0. The Hall–Kier alpha value is -0.900. The Morgan fingerprint density at radius 1 is 1.05 bits per heavy atom. The van der Waals surface area contributed by atoms with E-state index >= 15 is 0 Å². The second kappa shape index (κ2) is 9.08. The van der Waals surface area contributed by atoms with Gasteiger partial charge in [0, 0.05) is 25.7 Å². The molecule has 0 aliphatic heterocycles. The Balaban J connectivity index is 2.12. The predicted molar refractivity (Wildman–Crippen MR) is 79.6 cm³/mol. The molecule has 0 amide bonds. The molecule has 0 aliphatic carbocycles. The maximum atomic E-state index is 5.43. The number of hydrogen-bond acceptors (Lipinski definition) is 3. The first-order chi connectivity index (χ1) is 9.17. The second-order valence-electron chi connectivity index (χ2n) is 5.39. The minimum absolute atomic E-state index is 0.165. The van der Waals surface area contributed by atoms with Gasteiger partial charge in [0.1, 0.15) is 0 Å². The highest BCUT2D eigenvalue weighted by Gasteiger charge is 2.19. The lowest BCUT2D eigenvalue weighted by Gasteiger charge is -2.25. The number of hydrogen-bond donors (Lipinski definition) is 1. The summed E-state index contributed by atoms with van der Waals surface area (Å²) in [5.74, 6) is 0. The molecule has 0 aromatic heterocycles. The first kappa shape index (κ1) is 16.2. The Labute approximate surface area is 117 Å². The topological polar surface area (TPSA) is 30.5 Å². The Bertz CT molecular complexity index is 325. The molecule has 0 unspecified atom stereocenters. The number of methoxy groups -OCH3 is 1. The van der Waals surface area contributed by atoms with Crippen LogP contribution in [-0.2, 0) is 14.9 Å². The first-order valence-corrected chi connectivity index (χ1v) is 7.00. The van der Waals surface area contributed by atoms with Gasteiger partial charge < -0.3 is 14.8 Å². The van der Waals surface area contributed by atoms with Crippen molar-refractivity contribution in [3.05, 3.63) is 35.9 Å². The van der Waals surface area contributed by atoms with E-state index in [0.29, 0.717) is 13.2 Å². The third-order valence-corrected chi connectivity index (χ3v) is 3.20. The van der Waals surface area contributed by atoms with Gasteiger partial charge in [0.05, 0.1) is 13.2 Å². The van der Waals surface area contributed by atoms with Gasteiger partial charge in [0.25, 0.3) is 0 Å². The molecule has 108 valence electrons. The van der Waals surface area contributed by atoms with Crippen LogP contribution in [0, 0.1) is 0 Å². The van der Waals surface area contributed by atoms with Gasteiger partial charge >= 0.3 is 0 Å². The summed E-state index contributed by atoms with van der Waals surface area (Å²) < 4.78 is 10.3. The van der Waals surface area contributed by atoms with E-state index in [0.717, 1.165) is 26.1 Å². The maximum Gasteiger partial charge on any atom is 0.0700 e. The standard InChI is InChI=1S/C16H27NO2/c1-16(2,15-8-5-4-6-9-15)14-17-10-7-11-19-13-12-18-3/h4-6,8-9,17H,7,10-14H2,1-3H3. The molecule has 0 aliphatic rings. The summed E-state index contributed by atoms with van der Waals surface area (Å²) in [6.45, 7) is 8.66. The van der Waals surface area contributed by atoms with Crippen LogP contribution in [-0.4, -0.2) is 40.0 Å². The summed E-state index contributed by atoms with van der Waals surface area (Å²) in [5, 5.41) is 3.50. The fourth-order valence-electron chi connectivity index (χ4n) is 1.94. The highest BCUT2D eigenvalue weighted by Crippen LogP contribution is 2.21. The van der Waals surface area contributed by atoms with Gasteiger partial charge in [-0.15, -0.1) is 0 Å². The maximum absolute atomic E-state index is 5.43. The summed E-state index contributed by atoms with van der Waals surface area (Å²) in [6, 6.07) is 10.6. The van der Waals surface area contributed by atoms with Crippen molar-refractivity contribution in [2.24, 2.45) is 0 Å². The van der Waals surface area contributed by atoms with Crippen molar-refractivity contribution in [3.63, 3.8) is 0 Å². The zero-order valence-corrected chi connectivity index (χ0v) is 12.4. The minimum atomic E-state index is 0.165. The lowest BCUT2D eigenvalue weighted by Crippen LogP contribution is -2.33. The van der Waals surface area contributed by atoms with Gasteiger partial charge in [0.15, 0.2) is 0 Å². The molecule has 0 atom stereocenters. The fourth-order valence-corrected chi connectivity index (χ4v) is 1.94. The molecule has 0 fully saturated rings. The van der Waals surface area contributed by atoms with E-state index in [4.69, 9.17) is 9.47 Å². The van der Waals surface area contributed by atoms with E-state index in [9.17, 15) is 0 Å². The van der Waals surface area contributed by atoms with Crippen molar-refractivity contribution in [1.29, 1.82) is 0 Å². The Kier molecular flexibility index (Phi) is 7.72. The van der Waals surface area contributed by atoms with Crippen molar-refractivity contribution >= 4 is 0 Å². The van der Waals surface area contributed by atoms with Crippen LogP contribution in [0.1, 0.15) is 25.8 Å². The van der Waals surface area contributed by atoms with E-state index < -0.39 is 0 Å². The number of benzene rings is 1. The van der Waals surface area contributed by atoms with E-state index in [1.165, 1.54) is 5.56 Å². The fraction of sp³-hybridized carbons (Fsp3) is 0.625. The molecule has 3 heteroatoms. The summed E-state index contributed by atoms with van der Waals surface area (Å²) in [5.41, 5.74) is 1.54. The van der Waals surface area contributed by atoms with Gasteiger partial charge in [-0.1, -0.05) is 44.2 Å². The second-order valence-corrected chi connectivity index (χ2v) is 5.39. The van der Waals surface area contributed by atoms with Gasteiger partial charge in [-0.3, -0.25) is 0 Å². The first-order valence-electron chi connectivity index (χ1n) is 7.00. The largest absolute Gasteiger partial charge is 0.382 e. The molecular formula is C16H27NO2. The molecule has 0 spiro atoms. The molecule has 0 bridgehead atoms. The van der Waals surface area contributed by atoms with E-state index in [1.807, 2.05) is 0 Å². The molecule has 0 radical (unpaired) electrons. The number of ether oxygens (including phenoxy) is 2. The molecule has 1 aromatic rings. The van der Waals surface area contributed by atoms with Crippen molar-refractivity contribution in [2.75, 3.05) is 40.0 Å². The van der Waals surface area contributed by atoms with Gasteiger partial charge in [-0.25, -0.2) is 0 Å². The van der Waals surface area contributed by atoms with Crippen molar-refractivity contribution < 1.29 is 9.47 Å². The van der Waals surface area contributed by atoms with Gasteiger partial charge in [0.2, 0.25) is 0 Å². The lowest BCUT2D eigenvalue weighted by atomic mass is 9.84. The zero-order valence-electron chi connectivity index (χ0n) is 12.4. The van der Waals surface area contributed by atoms with E-state index in [1.54, 1.807) is 7.11 Å². The van der Waals surface area contributed by atoms with E-state index in [2.05, 4.69) is 49.5 Å². The van der Waals surface area contributed by atoms with Crippen molar-refractivity contribution in [2.45, 2.75) is 25.7 Å². The van der Waals surface area contributed by atoms with Crippen molar-refractivity contribution in [3.8, 4) is 0 Å². The summed E-state index contributed by atoms with van der Waals surface area (Å²) >= 11 is 0. The third kappa shape index (κ3) is 6.71. The average molecular weight is 265 g/mol. The molecule has 19 heavy (non-hydrogen) atoms. The van der Waals surface area contributed by atoms with Crippen LogP contribution < -0.4 is 5.32 Å². The van der Waals surface area contributed by atoms with Crippen LogP contribution in [0.3, 0.4) is 0 Å². The quantitative estimate of drug-likeness (QED) is 0.660. The lowest BCUT2D eigenvalue weighted by molar-refractivity contribution is 0.0694. The molecule has 0 saturated heterocycles. The molecular weight excluding hydrogens is 238 g/mol. The van der Waals surface area contributed by atoms with Crippen LogP contribution in [0.2, 0.25) is 0 Å². The third-order valence-electron chi connectivity index (χ3n) is 3.20. The Morgan fingerprint density at radius 3 is 2.47 bits per heavy atom. The summed E-state index contributed by atoms with van der Waals surface area (Å²) in [7, 11) is 1.69. The van der Waals surface area contributed by atoms with Gasteiger partial charge in [-0.05, 0) is 18.5 Å². The highest BCUT2D eigenvalue weighted by molar-refractivity contribution is 5.23. The number of rotatable bonds is 10. The van der Waals surface area contributed by atoms with Crippen LogP contribution in [0.15, 0.2) is 30.3 Å². The molecule has 3 nitrogen and oxygen atoms in total. The van der Waals surface area contributed by atoms with Crippen LogP contribution >= 0.6 is 0 Å². The molecule has 1 rings (SSSR count). The van der Waals surface area contributed by atoms with Gasteiger partial charge in [-0.2, -0.15) is 0 Å². The Morgan fingerprint density at radius 2 is 1.79 bits per heavy atom. The molecule has 1 aromatic carbocycles.